The van der Waals surface area contributed by atoms with Gasteiger partial charge in [0.15, 0.2) is 11.0 Å². The zero-order valence-corrected chi connectivity index (χ0v) is 21.0. The zero-order valence-electron chi connectivity index (χ0n) is 20.2. The lowest BCUT2D eigenvalue weighted by Crippen LogP contribution is -2.48. The Morgan fingerprint density at radius 2 is 1.89 bits per heavy atom. The minimum absolute atomic E-state index is 0.0195. The Morgan fingerprint density at radius 1 is 1.17 bits per heavy atom. The molecule has 1 aliphatic heterocycles. The van der Waals surface area contributed by atoms with Crippen molar-refractivity contribution in [1.82, 2.24) is 14.8 Å². The van der Waals surface area contributed by atoms with Gasteiger partial charge in [0.05, 0.1) is 16.3 Å². The van der Waals surface area contributed by atoms with Gasteiger partial charge in [0.2, 0.25) is 17.6 Å². The monoisotopic (exact) mass is 498 g/mol. The van der Waals surface area contributed by atoms with Crippen LogP contribution in [0.5, 0.6) is 0 Å². The highest BCUT2D eigenvalue weighted by molar-refractivity contribution is 7.20. The molecule has 4 N–H and O–H groups in total. The lowest BCUT2D eigenvalue weighted by atomic mass is 9.92. The molecule has 0 bridgehead atoms. The number of nitrogens with zero attached hydrogens (tertiary/aromatic N) is 4. The second-order valence-electron chi connectivity index (χ2n) is 9.50. The molecule has 9 nitrogen and oxygen atoms in total. The number of rotatable bonds is 10. The second-order valence-corrected chi connectivity index (χ2v) is 10.5. The number of piperidine rings is 1. The van der Waals surface area contributed by atoms with Crippen molar-refractivity contribution in [2.45, 2.75) is 64.0 Å². The first-order valence-electron chi connectivity index (χ1n) is 12.4. The van der Waals surface area contributed by atoms with E-state index in [1.54, 1.807) is 6.92 Å². The van der Waals surface area contributed by atoms with Gasteiger partial charge in [-0.2, -0.15) is 0 Å². The van der Waals surface area contributed by atoms with Gasteiger partial charge >= 0.3 is 0 Å². The van der Waals surface area contributed by atoms with Crippen LogP contribution in [-0.2, 0) is 9.59 Å². The minimum Gasteiger partial charge on any atom is -0.370 e. The number of carbonyl (C=O) groups excluding carboxylic acids is 3. The lowest BCUT2D eigenvalue weighted by molar-refractivity contribution is -0.135. The third-order valence-electron chi connectivity index (χ3n) is 6.82. The third-order valence-corrected chi connectivity index (χ3v) is 7.88. The van der Waals surface area contributed by atoms with E-state index in [9.17, 15) is 14.4 Å². The molecule has 1 aromatic carbocycles. The van der Waals surface area contributed by atoms with Crippen LogP contribution >= 0.6 is 11.3 Å². The van der Waals surface area contributed by atoms with E-state index in [1.807, 2.05) is 34.1 Å². The molecule has 4 rings (SSSR count). The minimum atomic E-state index is -0.581. The Kier molecular flexibility index (Phi) is 8.00. The number of carbonyl (C=O) groups is 3. The maximum Gasteiger partial charge on any atom is 0.223 e. The van der Waals surface area contributed by atoms with E-state index in [4.69, 9.17) is 11.5 Å². The van der Waals surface area contributed by atoms with Gasteiger partial charge in [-0.25, -0.2) is 4.98 Å². The van der Waals surface area contributed by atoms with E-state index < -0.39 is 6.04 Å². The predicted molar refractivity (Wildman–Crippen MR) is 137 cm³/mol. The molecule has 1 unspecified atom stereocenters. The average Bonchev–Trinajstić information content (AvgIpc) is 3.57. The van der Waals surface area contributed by atoms with Crippen LogP contribution in [0, 0.1) is 5.92 Å². The number of ketones is 1. The molecule has 1 saturated carbocycles. The topological polar surface area (TPSA) is 135 Å². The quantitative estimate of drug-likeness (QED) is 0.224. The van der Waals surface area contributed by atoms with Gasteiger partial charge in [-0.3, -0.25) is 19.4 Å². The molecule has 188 valence electrons. The molecule has 1 aromatic heterocycles. The van der Waals surface area contributed by atoms with Crippen LogP contribution in [0.2, 0.25) is 0 Å². The Morgan fingerprint density at radius 3 is 2.51 bits per heavy atom. The maximum absolute atomic E-state index is 13.8. The number of amides is 2. The van der Waals surface area contributed by atoms with Gasteiger partial charge in [0.1, 0.15) is 0 Å². The molecule has 1 aliphatic carbocycles. The third kappa shape index (κ3) is 6.36. The number of thiazole rings is 1. The smallest absolute Gasteiger partial charge is 0.223 e. The van der Waals surface area contributed by atoms with Gasteiger partial charge in [0.25, 0.3) is 0 Å². The Bertz CT molecular complexity index is 1070. The normalized spacial score (nSPS) is 17.2. The molecule has 2 fully saturated rings. The Labute approximate surface area is 209 Å². The van der Waals surface area contributed by atoms with Crippen molar-refractivity contribution in [2.24, 2.45) is 22.4 Å². The van der Waals surface area contributed by atoms with Crippen molar-refractivity contribution in [3.05, 3.63) is 29.3 Å². The number of guanidine groups is 1. The van der Waals surface area contributed by atoms with Crippen LogP contribution in [0.25, 0.3) is 10.2 Å². The molecular weight excluding hydrogens is 464 g/mol. The summed E-state index contributed by atoms with van der Waals surface area (Å²) in [5.74, 6) is 0.236. The SMILES string of the molecule is CC(=O)N1CCC(CC(=O)N(C2CC2)C(CCCN=C(N)N)C(=O)c2nc3ccccc3s2)CC1. The molecule has 2 aromatic rings. The number of aromatic nitrogens is 1. The predicted octanol–water partition coefficient (Wildman–Crippen LogP) is 2.54. The molecule has 0 radical (unpaired) electrons. The Balaban J connectivity index is 1.52. The maximum atomic E-state index is 13.8. The summed E-state index contributed by atoms with van der Waals surface area (Å²) in [6.45, 7) is 3.36. The van der Waals surface area contributed by atoms with Gasteiger partial charge in [-0.1, -0.05) is 12.1 Å². The first-order chi connectivity index (χ1) is 16.8. The molecule has 1 saturated heterocycles. The van der Waals surface area contributed by atoms with E-state index in [2.05, 4.69) is 9.98 Å². The molecule has 35 heavy (non-hydrogen) atoms. The van der Waals surface area contributed by atoms with Gasteiger partial charge in [-0.05, 0) is 56.6 Å². The summed E-state index contributed by atoms with van der Waals surface area (Å²) in [5.41, 5.74) is 11.7. The van der Waals surface area contributed by atoms with Crippen molar-refractivity contribution in [3.8, 4) is 0 Å². The van der Waals surface area contributed by atoms with E-state index in [-0.39, 0.29) is 35.5 Å². The van der Waals surface area contributed by atoms with Crippen molar-refractivity contribution in [3.63, 3.8) is 0 Å². The molecule has 1 atom stereocenters. The van der Waals surface area contributed by atoms with E-state index >= 15 is 0 Å². The number of hydrogen-bond donors (Lipinski definition) is 2. The fraction of sp³-hybridized carbons (Fsp3) is 0.560. The lowest BCUT2D eigenvalue weighted by Gasteiger charge is -2.34. The van der Waals surface area contributed by atoms with Crippen LogP contribution in [-0.4, -0.2) is 70.1 Å². The van der Waals surface area contributed by atoms with Crippen molar-refractivity contribution in [2.75, 3.05) is 19.6 Å². The number of benzene rings is 1. The van der Waals surface area contributed by atoms with Gasteiger partial charge in [-0.15, -0.1) is 11.3 Å². The fourth-order valence-electron chi connectivity index (χ4n) is 4.80. The molecular formula is C25H34N6O3S. The number of likely N-dealkylation sites (tertiary alicyclic amines) is 1. The van der Waals surface area contributed by atoms with Gasteiger partial charge < -0.3 is 21.3 Å². The van der Waals surface area contributed by atoms with Crippen molar-refractivity contribution in [1.29, 1.82) is 0 Å². The standard InChI is InChI=1S/C25H34N6O3S/c1-16(32)30-13-10-17(11-14-30)15-22(33)31(18-8-9-18)20(6-4-12-28-25(26)27)23(34)24-29-19-5-2-3-7-21(19)35-24/h2-3,5,7,17-18,20H,4,6,8-15H2,1H3,(H4,26,27,28). The second kappa shape index (κ2) is 11.2. The van der Waals surface area contributed by atoms with E-state index in [0.717, 1.165) is 35.9 Å². The van der Waals surface area contributed by atoms with Crippen LogP contribution < -0.4 is 11.5 Å². The Hall–Kier alpha value is -3.01. The summed E-state index contributed by atoms with van der Waals surface area (Å²) < 4.78 is 0.955. The summed E-state index contributed by atoms with van der Waals surface area (Å²) in [4.78, 5) is 51.3. The molecule has 0 spiro atoms. The number of nitrogens with two attached hydrogens (primary N) is 2. The average molecular weight is 499 g/mol. The summed E-state index contributed by atoms with van der Waals surface area (Å²) in [7, 11) is 0. The van der Waals surface area contributed by atoms with Crippen LogP contribution in [0.3, 0.4) is 0 Å². The first-order valence-corrected chi connectivity index (χ1v) is 13.2. The first kappa shape index (κ1) is 25.1. The summed E-state index contributed by atoms with van der Waals surface area (Å²) >= 11 is 1.37. The van der Waals surface area contributed by atoms with Crippen molar-refractivity contribution < 1.29 is 14.4 Å². The van der Waals surface area contributed by atoms with E-state index in [1.165, 1.54) is 11.3 Å². The molecule has 2 heterocycles. The highest BCUT2D eigenvalue weighted by Gasteiger charge is 2.41. The number of fused-ring (bicyclic) bond motifs is 1. The largest absolute Gasteiger partial charge is 0.370 e. The van der Waals surface area contributed by atoms with Crippen LogP contribution in [0.15, 0.2) is 29.3 Å². The number of hydrogen-bond acceptors (Lipinski definition) is 6. The molecule has 2 aliphatic rings. The van der Waals surface area contributed by atoms with Crippen LogP contribution in [0.1, 0.15) is 61.7 Å². The molecule has 2 amide bonds. The summed E-state index contributed by atoms with van der Waals surface area (Å²) in [6.07, 6.45) is 4.91. The highest BCUT2D eigenvalue weighted by atomic mass is 32.1. The number of Topliss-reactive ketones (excluding diaryl/α,β-unsaturated/α-hetero) is 1. The van der Waals surface area contributed by atoms with Crippen molar-refractivity contribution >= 4 is 45.1 Å². The highest BCUT2D eigenvalue weighted by Crippen LogP contribution is 2.34. The fourth-order valence-corrected chi connectivity index (χ4v) is 5.75. The number of aliphatic imine (C=N–C) groups is 1. The molecule has 10 heteroatoms. The van der Waals surface area contributed by atoms with Gasteiger partial charge in [0, 0.05) is 39.0 Å². The van der Waals surface area contributed by atoms with Crippen LogP contribution in [0.4, 0.5) is 0 Å². The zero-order chi connectivity index (χ0) is 24.9. The summed E-state index contributed by atoms with van der Waals surface area (Å²) in [5, 5.41) is 0.436. The number of para-hydroxylation sites is 1. The van der Waals surface area contributed by atoms with E-state index in [0.29, 0.717) is 43.9 Å². The summed E-state index contributed by atoms with van der Waals surface area (Å²) in [6, 6.07) is 7.19.